The second-order valence-corrected chi connectivity index (χ2v) is 5.31. The molecular weight excluding hydrogens is 373 g/mol. The van der Waals surface area contributed by atoms with E-state index in [0.29, 0.717) is 26.0 Å². The topological polar surface area (TPSA) is 90.4 Å². The number of benzene rings is 1. The number of nitrogens with one attached hydrogen (secondary N) is 1. The van der Waals surface area contributed by atoms with E-state index in [-0.39, 0.29) is 12.3 Å². The van der Waals surface area contributed by atoms with E-state index in [1.54, 1.807) is 12.1 Å². The molecule has 20 heavy (non-hydrogen) atoms. The highest BCUT2D eigenvalue weighted by Crippen LogP contribution is 2.34. The van der Waals surface area contributed by atoms with Crippen LogP contribution in [0.3, 0.4) is 0 Å². The summed E-state index contributed by atoms with van der Waals surface area (Å²) in [6.45, 7) is 0.0442. The van der Waals surface area contributed by atoms with Gasteiger partial charge in [0.05, 0.1) is 10.0 Å². The Bertz CT molecular complexity index is 648. The average Bonchev–Trinajstić information content (AvgIpc) is 2.89. The van der Waals surface area contributed by atoms with Gasteiger partial charge in [0.2, 0.25) is 0 Å². The minimum Gasteiger partial charge on any atom is -0.484 e. The number of halogens is 3. The average molecular weight is 381 g/mol. The number of nitrogens with zero attached hydrogens (tertiary/aromatic N) is 1. The third-order valence-corrected chi connectivity index (χ3v) is 3.76. The summed E-state index contributed by atoms with van der Waals surface area (Å²) in [6, 6.07) is 4.60. The second-order valence-electron chi connectivity index (χ2n) is 3.64. The molecule has 0 unspecified atom stereocenters. The fraction of sp³-hybridized carbons (Fsp3) is 0.0909. The number of ether oxygens (including phenoxy) is 1. The maximum atomic E-state index is 11.2. The lowest BCUT2D eigenvalue weighted by atomic mass is 10.3. The van der Waals surface area contributed by atoms with Crippen molar-refractivity contribution in [1.29, 1.82) is 0 Å². The van der Waals surface area contributed by atoms with Crippen molar-refractivity contribution in [3.05, 3.63) is 44.2 Å². The number of carbonyl (C=O) groups is 1. The largest absolute Gasteiger partial charge is 0.484 e. The summed E-state index contributed by atoms with van der Waals surface area (Å²) in [7, 11) is 0. The Kier molecular flexibility index (Phi) is 4.87. The van der Waals surface area contributed by atoms with Crippen LogP contribution in [-0.2, 0) is 6.61 Å². The van der Waals surface area contributed by atoms with Crippen LogP contribution in [0.2, 0.25) is 10.0 Å². The molecule has 0 spiro atoms. The molecule has 0 bridgehead atoms. The molecule has 0 aliphatic heterocycles. The quantitative estimate of drug-likeness (QED) is 0.368. The summed E-state index contributed by atoms with van der Waals surface area (Å²) >= 11 is 15.2. The van der Waals surface area contributed by atoms with Gasteiger partial charge >= 0.3 is 0 Å². The zero-order valence-corrected chi connectivity index (χ0v) is 12.9. The summed E-state index contributed by atoms with van der Waals surface area (Å²) < 4.78 is 11.0. The van der Waals surface area contributed by atoms with Crippen molar-refractivity contribution in [3.63, 3.8) is 0 Å². The van der Waals surface area contributed by atoms with Crippen molar-refractivity contribution in [2.75, 3.05) is 0 Å². The molecule has 106 valence electrons. The lowest BCUT2D eigenvalue weighted by Gasteiger charge is -2.07. The smallest absolute Gasteiger partial charge is 0.287 e. The number of aromatic nitrogens is 1. The van der Waals surface area contributed by atoms with Crippen molar-refractivity contribution in [1.82, 2.24) is 10.6 Å². The van der Waals surface area contributed by atoms with E-state index in [0.717, 1.165) is 0 Å². The minimum absolute atomic E-state index is 0.0442. The number of nitrogens with two attached hydrogens (primary N) is 1. The van der Waals surface area contributed by atoms with Gasteiger partial charge in [-0.05, 0) is 22.0 Å². The van der Waals surface area contributed by atoms with Gasteiger partial charge in [0.1, 0.15) is 12.4 Å². The molecule has 9 heteroatoms. The number of amides is 1. The number of carbonyl (C=O) groups excluding carboxylic acids is 1. The lowest BCUT2D eigenvalue weighted by molar-refractivity contribution is 0.0944. The normalized spacial score (nSPS) is 10.4. The molecule has 1 amide bonds. The van der Waals surface area contributed by atoms with Gasteiger partial charge in [-0.25, -0.2) is 5.84 Å². The Morgan fingerprint density at radius 3 is 2.85 bits per heavy atom. The first-order valence-electron chi connectivity index (χ1n) is 5.25. The SMILES string of the molecule is NNC(=O)c1cc(COc2cc(Cl)c(Br)cc2Cl)on1. The highest BCUT2D eigenvalue weighted by atomic mass is 79.9. The minimum atomic E-state index is -0.551. The molecule has 2 aromatic rings. The number of rotatable bonds is 4. The molecule has 0 atom stereocenters. The Balaban J connectivity index is 2.07. The van der Waals surface area contributed by atoms with Crippen molar-refractivity contribution in [3.8, 4) is 5.75 Å². The molecule has 0 saturated heterocycles. The van der Waals surface area contributed by atoms with Crippen molar-refractivity contribution in [2.24, 2.45) is 5.84 Å². The molecule has 6 nitrogen and oxygen atoms in total. The van der Waals surface area contributed by atoms with Crippen LogP contribution in [0.25, 0.3) is 0 Å². The summed E-state index contributed by atoms with van der Waals surface area (Å²) in [5, 5.41) is 4.39. The van der Waals surface area contributed by atoms with Crippen LogP contribution in [0.15, 0.2) is 27.2 Å². The van der Waals surface area contributed by atoms with E-state index in [4.69, 9.17) is 38.3 Å². The Morgan fingerprint density at radius 2 is 2.15 bits per heavy atom. The summed E-state index contributed by atoms with van der Waals surface area (Å²) in [6.07, 6.45) is 0. The van der Waals surface area contributed by atoms with Crippen LogP contribution in [0.4, 0.5) is 0 Å². The molecule has 2 rings (SSSR count). The second kappa shape index (κ2) is 6.45. The van der Waals surface area contributed by atoms with Gasteiger partial charge in [0.25, 0.3) is 5.91 Å². The maximum Gasteiger partial charge on any atom is 0.287 e. The number of nitrogen functional groups attached to an aromatic ring is 1. The molecule has 1 aromatic carbocycles. The van der Waals surface area contributed by atoms with Gasteiger partial charge in [-0.2, -0.15) is 0 Å². The molecular formula is C11H8BrCl2N3O3. The Hall–Kier alpha value is -1.28. The molecule has 1 heterocycles. The summed E-state index contributed by atoms with van der Waals surface area (Å²) in [5.41, 5.74) is 2.01. The van der Waals surface area contributed by atoms with E-state index >= 15 is 0 Å². The van der Waals surface area contributed by atoms with E-state index in [1.807, 2.05) is 5.43 Å². The highest BCUT2D eigenvalue weighted by molar-refractivity contribution is 9.10. The summed E-state index contributed by atoms with van der Waals surface area (Å²) in [5.74, 6) is 5.16. The monoisotopic (exact) mass is 379 g/mol. The van der Waals surface area contributed by atoms with Gasteiger partial charge in [-0.15, -0.1) is 0 Å². The third-order valence-electron chi connectivity index (χ3n) is 2.27. The molecule has 0 aliphatic rings. The molecule has 3 N–H and O–H groups in total. The first-order valence-corrected chi connectivity index (χ1v) is 6.80. The Morgan fingerprint density at radius 1 is 1.40 bits per heavy atom. The van der Waals surface area contributed by atoms with Crippen LogP contribution in [-0.4, -0.2) is 11.1 Å². The predicted octanol–water partition coefficient (Wildman–Crippen LogP) is 2.93. The van der Waals surface area contributed by atoms with E-state index in [1.165, 1.54) is 6.07 Å². The lowest BCUT2D eigenvalue weighted by Crippen LogP contribution is -2.30. The first kappa shape index (κ1) is 15.1. The van der Waals surface area contributed by atoms with Gasteiger partial charge in [-0.3, -0.25) is 10.2 Å². The first-order chi connectivity index (χ1) is 9.51. The van der Waals surface area contributed by atoms with Crippen LogP contribution < -0.4 is 16.0 Å². The number of hydrogen-bond acceptors (Lipinski definition) is 5. The molecule has 0 saturated carbocycles. The van der Waals surface area contributed by atoms with E-state index < -0.39 is 5.91 Å². The van der Waals surface area contributed by atoms with E-state index in [9.17, 15) is 4.79 Å². The van der Waals surface area contributed by atoms with Crippen molar-refractivity contribution >= 4 is 45.0 Å². The zero-order chi connectivity index (χ0) is 14.7. The van der Waals surface area contributed by atoms with E-state index in [2.05, 4.69) is 21.1 Å². The zero-order valence-electron chi connectivity index (χ0n) is 9.82. The Labute approximate surface area is 132 Å². The fourth-order valence-corrected chi connectivity index (χ4v) is 2.17. The van der Waals surface area contributed by atoms with Gasteiger partial charge < -0.3 is 9.26 Å². The number of hydrazine groups is 1. The van der Waals surface area contributed by atoms with Crippen LogP contribution >= 0.6 is 39.1 Å². The van der Waals surface area contributed by atoms with Gasteiger partial charge in [0.15, 0.2) is 11.5 Å². The predicted molar refractivity (Wildman–Crippen MR) is 76.7 cm³/mol. The number of hydrogen-bond donors (Lipinski definition) is 2. The molecule has 1 aromatic heterocycles. The standard InChI is InChI=1S/C11H8BrCl2N3O3/c12-6-2-8(14)10(3-7(6)13)19-4-5-1-9(17-20-5)11(18)16-15/h1-3H,4,15H2,(H,16,18). The van der Waals surface area contributed by atoms with Crippen LogP contribution in [0.5, 0.6) is 5.75 Å². The molecule has 0 fully saturated rings. The third kappa shape index (κ3) is 3.43. The summed E-state index contributed by atoms with van der Waals surface area (Å²) in [4.78, 5) is 11.2. The van der Waals surface area contributed by atoms with Crippen LogP contribution in [0.1, 0.15) is 16.2 Å². The van der Waals surface area contributed by atoms with Gasteiger partial charge in [-0.1, -0.05) is 28.4 Å². The fourth-order valence-electron chi connectivity index (χ4n) is 1.33. The highest BCUT2D eigenvalue weighted by Gasteiger charge is 2.13. The van der Waals surface area contributed by atoms with Crippen LogP contribution in [0, 0.1) is 0 Å². The van der Waals surface area contributed by atoms with Crippen molar-refractivity contribution < 1.29 is 14.1 Å². The maximum absolute atomic E-state index is 11.2. The van der Waals surface area contributed by atoms with Gasteiger partial charge in [0, 0.05) is 16.6 Å². The van der Waals surface area contributed by atoms with Crippen molar-refractivity contribution in [2.45, 2.75) is 6.61 Å². The molecule has 0 aliphatic carbocycles. The molecule has 0 radical (unpaired) electrons.